The second-order valence-electron chi connectivity index (χ2n) is 6.37. The molecule has 1 unspecified atom stereocenters. The van der Waals surface area contributed by atoms with Crippen LogP contribution in [0.4, 0.5) is 0 Å². The van der Waals surface area contributed by atoms with Crippen LogP contribution in [0.1, 0.15) is 45.1 Å². The number of halogens is 1. The van der Waals surface area contributed by atoms with E-state index in [4.69, 9.17) is 0 Å². The highest BCUT2D eigenvalue weighted by atomic mass is 79.9. The van der Waals surface area contributed by atoms with Crippen molar-refractivity contribution in [2.45, 2.75) is 39.5 Å². The zero-order chi connectivity index (χ0) is 15.9. The zero-order valence-corrected chi connectivity index (χ0v) is 15.5. The van der Waals surface area contributed by atoms with E-state index >= 15 is 0 Å². The summed E-state index contributed by atoms with van der Waals surface area (Å²) in [6.07, 6.45) is 2.05. The average Bonchev–Trinajstić information content (AvgIpc) is 2.44. The molecule has 0 spiro atoms. The molecule has 1 aromatic rings. The summed E-state index contributed by atoms with van der Waals surface area (Å²) in [5.41, 5.74) is 1.04. The third-order valence-electron chi connectivity index (χ3n) is 3.60. The fraction of sp³-hybridized carbons (Fsp3) is 0.625. The van der Waals surface area contributed by atoms with Gasteiger partial charge in [-0.3, -0.25) is 0 Å². The smallest absolute Gasteiger partial charge is 0.212 e. The maximum absolute atomic E-state index is 12.2. The first kappa shape index (κ1) is 18.7. The van der Waals surface area contributed by atoms with Gasteiger partial charge in [0.1, 0.15) is 0 Å². The van der Waals surface area contributed by atoms with Crippen LogP contribution in [-0.4, -0.2) is 26.0 Å². The number of alkyl halides is 1. The molecule has 0 saturated heterocycles. The van der Waals surface area contributed by atoms with E-state index in [-0.39, 0.29) is 17.1 Å². The number of nitrogens with one attached hydrogen (secondary N) is 1. The molecule has 0 bridgehead atoms. The van der Waals surface area contributed by atoms with Gasteiger partial charge in [0.2, 0.25) is 10.0 Å². The fourth-order valence-electron chi connectivity index (χ4n) is 2.20. The van der Waals surface area contributed by atoms with Crippen LogP contribution in [0.15, 0.2) is 30.3 Å². The van der Waals surface area contributed by atoms with Crippen molar-refractivity contribution in [1.82, 2.24) is 4.72 Å². The normalized spacial score (nSPS) is 14.1. The lowest BCUT2D eigenvalue weighted by atomic mass is 9.88. The van der Waals surface area contributed by atoms with E-state index in [0.717, 1.165) is 23.7 Å². The lowest BCUT2D eigenvalue weighted by Crippen LogP contribution is -2.36. The van der Waals surface area contributed by atoms with Crippen molar-refractivity contribution in [3.8, 4) is 0 Å². The Kier molecular flexibility index (Phi) is 7.37. The van der Waals surface area contributed by atoms with Gasteiger partial charge in [0.05, 0.1) is 5.75 Å². The van der Waals surface area contributed by atoms with Gasteiger partial charge < -0.3 is 0 Å². The van der Waals surface area contributed by atoms with E-state index in [0.29, 0.717) is 6.54 Å². The van der Waals surface area contributed by atoms with Crippen LogP contribution in [0.5, 0.6) is 0 Å². The minimum Gasteiger partial charge on any atom is -0.215 e. The third kappa shape index (κ3) is 7.43. The minimum atomic E-state index is -3.25. The molecule has 1 aromatic carbocycles. The number of hydrogen-bond acceptors (Lipinski definition) is 2. The Hall–Kier alpha value is -0.390. The predicted molar refractivity (Wildman–Crippen MR) is 93.5 cm³/mol. The van der Waals surface area contributed by atoms with E-state index in [2.05, 4.69) is 34.5 Å². The van der Waals surface area contributed by atoms with Crippen LogP contribution in [-0.2, 0) is 10.0 Å². The largest absolute Gasteiger partial charge is 0.215 e. The van der Waals surface area contributed by atoms with Crippen LogP contribution < -0.4 is 4.72 Å². The van der Waals surface area contributed by atoms with Crippen LogP contribution >= 0.6 is 15.9 Å². The maximum Gasteiger partial charge on any atom is 0.212 e. The molecule has 1 rings (SSSR count). The maximum atomic E-state index is 12.2. The van der Waals surface area contributed by atoms with Gasteiger partial charge in [0, 0.05) is 11.9 Å². The molecule has 0 aromatic heterocycles. The molecule has 0 heterocycles. The lowest BCUT2D eigenvalue weighted by molar-refractivity contribution is 0.332. The van der Waals surface area contributed by atoms with Crippen LogP contribution in [0, 0.1) is 5.41 Å². The number of hydrogen-bond donors (Lipinski definition) is 1. The molecular weight excluding hydrogens is 350 g/mol. The standard InChI is InChI=1S/C16H26BrNO2S/c1-14(15-8-5-4-6-9-15)12-21(19,20)18-13-16(2,3)10-7-11-17/h4-6,8-9,14,18H,7,10-13H2,1-3H3. The van der Waals surface area contributed by atoms with Gasteiger partial charge in [-0.2, -0.15) is 0 Å². The molecule has 0 aliphatic rings. The Balaban J connectivity index is 2.54. The molecule has 3 nitrogen and oxygen atoms in total. The Labute approximate surface area is 137 Å². The van der Waals surface area contributed by atoms with Gasteiger partial charge in [-0.25, -0.2) is 13.1 Å². The Morgan fingerprint density at radius 2 is 1.86 bits per heavy atom. The SMILES string of the molecule is CC(CS(=O)(=O)NCC(C)(C)CCCBr)c1ccccc1. The lowest BCUT2D eigenvalue weighted by Gasteiger charge is -2.25. The Bertz CT molecular complexity index is 514. The summed E-state index contributed by atoms with van der Waals surface area (Å²) in [4.78, 5) is 0. The molecule has 0 aliphatic heterocycles. The highest BCUT2D eigenvalue weighted by Crippen LogP contribution is 2.22. The summed E-state index contributed by atoms with van der Waals surface area (Å²) >= 11 is 3.41. The minimum absolute atomic E-state index is 0.00523. The zero-order valence-electron chi connectivity index (χ0n) is 13.1. The number of sulfonamides is 1. The second-order valence-corrected chi connectivity index (χ2v) is 9.02. The van der Waals surface area contributed by atoms with Crippen LogP contribution in [0.3, 0.4) is 0 Å². The first-order valence-electron chi connectivity index (χ1n) is 7.34. The number of rotatable bonds is 9. The van der Waals surface area contributed by atoms with E-state index in [1.165, 1.54) is 0 Å². The van der Waals surface area contributed by atoms with Crippen molar-refractivity contribution in [3.63, 3.8) is 0 Å². The molecule has 0 aliphatic carbocycles. The number of benzene rings is 1. The van der Waals surface area contributed by atoms with Crippen molar-refractivity contribution in [2.75, 3.05) is 17.6 Å². The van der Waals surface area contributed by atoms with Gasteiger partial charge in [-0.15, -0.1) is 0 Å². The van der Waals surface area contributed by atoms with Crippen LogP contribution in [0.2, 0.25) is 0 Å². The summed E-state index contributed by atoms with van der Waals surface area (Å²) in [6, 6.07) is 9.76. The van der Waals surface area contributed by atoms with Crippen molar-refractivity contribution in [1.29, 1.82) is 0 Å². The summed E-state index contributed by atoms with van der Waals surface area (Å²) in [6.45, 7) is 6.63. The highest BCUT2D eigenvalue weighted by molar-refractivity contribution is 9.09. The summed E-state index contributed by atoms with van der Waals surface area (Å²) < 4.78 is 27.2. The van der Waals surface area contributed by atoms with Crippen molar-refractivity contribution < 1.29 is 8.42 Å². The molecule has 0 saturated carbocycles. The van der Waals surface area contributed by atoms with Crippen molar-refractivity contribution >= 4 is 26.0 Å². The van der Waals surface area contributed by atoms with Crippen LogP contribution in [0.25, 0.3) is 0 Å². The summed E-state index contributed by atoms with van der Waals surface area (Å²) in [7, 11) is -3.25. The molecule has 5 heteroatoms. The van der Waals surface area contributed by atoms with Gasteiger partial charge in [-0.1, -0.05) is 67.0 Å². The molecule has 1 atom stereocenters. The molecule has 1 N–H and O–H groups in total. The predicted octanol–water partition coefficient (Wildman–Crippen LogP) is 3.91. The highest BCUT2D eigenvalue weighted by Gasteiger charge is 2.22. The van der Waals surface area contributed by atoms with Gasteiger partial charge in [0.15, 0.2) is 0 Å². The topological polar surface area (TPSA) is 46.2 Å². The second kappa shape index (κ2) is 8.30. The first-order valence-corrected chi connectivity index (χ1v) is 10.1. The van der Waals surface area contributed by atoms with Gasteiger partial charge in [-0.05, 0) is 29.7 Å². The monoisotopic (exact) mass is 375 g/mol. The van der Waals surface area contributed by atoms with Gasteiger partial charge in [0.25, 0.3) is 0 Å². The molecule has 120 valence electrons. The third-order valence-corrected chi connectivity index (χ3v) is 5.68. The van der Waals surface area contributed by atoms with E-state index in [1.807, 2.05) is 37.3 Å². The fourth-order valence-corrected chi connectivity index (χ4v) is 4.06. The van der Waals surface area contributed by atoms with Crippen molar-refractivity contribution in [3.05, 3.63) is 35.9 Å². The molecule has 21 heavy (non-hydrogen) atoms. The first-order chi connectivity index (χ1) is 9.76. The molecular formula is C16H26BrNO2S. The molecule has 0 fully saturated rings. The Morgan fingerprint density at radius 1 is 1.24 bits per heavy atom. The Morgan fingerprint density at radius 3 is 2.43 bits per heavy atom. The van der Waals surface area contributed by atoms with Crippen molar-refractivity contribution in [2.24, 2.45) is 5.41 Å². The molecule has 0 radical (unpaired) electrons. The average molecular weight is 376 g/mol. The molecule has 0 amide bonds. The van der Waals surface area contributed by atoms with E-state index in [9.17, 15) is 8.42 Å². The quantitative estimate of drug-likeness (QED) is 0.665. The van der Waals surface area contributed by atoms with Gasteiger partial charge >= 0.3 is 0 Å². The van der Waals surface area contributed by atoms with E-state index < -0.39 is 10.0 Å². The summed E-state index contributed by atoms with van der Waals surface area (Å²) in [5.74, 6) is 0.125. The summed E-state index contributed by atoms with van der Waals surface area (Å²) in [5, 5.41) is 0.953. The van der Waals surface area contributed by atoms with E-state index in [1.54, 1.807) is 0 Å².